The molecule has 0 radical (unpaired) electrons. The molecule has 0 fully saturated rings. The molecule has 2 aromatic rings. The minimum Gasteiger partial charge on any atom is -0.497 e. The molecule has 0 saturated heterocycles. The van der Waals surface area contributed by atoms with E-state index in [1.807, 2.05) is 18.4 Å². The third-order valence-electron chi connectivity index (χ3n) is 3.49. The fourth-order valence-corrected chi connectivity index (χ4v) is 2.97. The van der Waals surface area contributed by atoms with Crippen LogP contribution in [0.25, 0.3) is 0 Å². The highest BCUT2D eigenvalue weighted by molar-refractivity contribution is 7.09. The third kappa shape index (κ3) is 6.51. The Labute approximate surface area is 156 Å². The first-order valence-corrected chi connectivity index (χ1v) is 9.16. The Morgan fingerprint density at radius 2 is 2.12 bits per heavy atom. The number of aliphatic imine (C=N–C) groups is 1. The number of nitrogens with one attached hydrogen (secondary N) is 2. The van der Waals surface area contributed by atoms with Crippen LogP contribution in [0.15, 0.2) is 40.7 Å². The highest BCUT2D eigenvalue weighted by Gasteiger charge is 2.11. The average Bonchev–Trinajstić information content (AvgIpc) is 3.13. The van der Waals surface area contributed by atoms with Crippen molar-refractivity contribution in [1.82, 2.24) is 10.6 Å². The summed E-state index contributed by atoms with van der Waals surface area (Å²) < 4.78 is 34.9. The highest BCUT2D eigenvalue weighted by atomic mass is 32.1. The van der Waals surface area contributed by atoms with Gasteiger partial charge in [-0.05, 0) is 36.9 Å². The van der Waals surface area contributed by atoms with E-state index in [0.717, 1.165) is 13.0 Å². The number of methoxy groups -OCH3 is 1. The van der Waals surface area contributed by atoms with Crippen LogP contribution < -0.4 is 20.1 Å². The Kier molecular flexibility index (Phi) is 8.14. The number of hydrogen-bond donors (Lipinski definition) is 2. The van der Waals surface area contributed by atoms with Crippen molar-refractivity contribution in [3.8, 4) is 11.5 Å². The second-order valence-electron chi connectivity index (χ2n) is 5.30. The molecule has 0 aliphatic carbocycles. The van der Waals surface area contributed by atoms with Gasteiger partial charge in [-0.2, -0.15) is 8.78 Å². The van der Waals surface area contributed by atoms with Gasteiger partial charge in [0.25, 0.3) is 0 Å². The van der Waals surface area contributed by atoms with Crippen molar-refractivity contribution in [3.05, 3.63) is 46.2 Å². The van der Waals surface area contributed by atoms with Crippen molar-refractivity contribution in [3.63, 3.8) is 0 Å². The number of halogens is 2. The zero-order valence-electron chi connectivity index (χ0n) is 14.8. The highest BCUT2D eigenvalue weighted by Crippen LogP contribution is 2.27. The number of nitrogens with zero attached hydrogens (tertiary/aromatic N) is 1. The van der Waals surface area contributed by atoms with E-state index in [9.17, 15) is 8.78 Å². The first-order chi connectivity index (χ1) is 12.6. The fourth-order valence-electron chi connectivity index (χ4n) is 2.26. The second-order valence-corrected chi connectivity index (χ2v) is 6.34. The van der Waals surface area contributed by atoms with Gasteiger partial charge >= 0.3 is 6.61 Å². The molecule has 5 nitrogen and oxygen atoms in total. The van der Waals surface area contributed by atoms with Crippen LogP contribution in [0.3, 0.4) is 0 Å². The Bertz CT molecular complexity index is 694. The van der Waals surface area contributed by atoms with Crippen LogP contribution >= 0.6 is 11.3 Å². The number of guanidine groups is 1. The fraction of sp³-hybridized carbons (Fsp3) is 0.389. The van der Waals surface area contributed by atoms with Crippen molar-refractivity contribution >= 4 is 17.3 Å². The predicted octanol–water partition coefficient (Wildman–Crippen LogP) is 3.66. The molecule has 26 heavy (non-hydrogen) atoms. The van der Waals surface area contributed by atoms with Crippen molar-refractivity contribution in [1.29, 1.82) is 0 Å². The molecule has 0 bridgehead atoms. The predicted molar refractivity (Wildman–Crippen MR) is 100 cm³/mol. The molecular weight excluding hydrogens is 360 g/mol. The first-order valence-electron chi connectivity index (χ1n) is 8.28. The lowest BCUT2D eigenvalue weighted by molar-refractivity contribution is -0.0505. The topological polar surface area (TPSA) is 54.9 Å². The second kappa shape index (κ2) is 10.6. The van der Waals surface area contributed by atoms with Crippen LogP contribution in [0, 0.1) is 0 Å². The third-order valence-corrected chi connectivity index (χ3v) is 4.42. The van der Waals surface area contributed by atoms with E-state index < -0.39 is 6.61 Å². The molecule has 0 aliphatic heterocycles. The molecule has 1 aromatic heterocycles. The summed E-state index contributed by atoms with van der Waals surface area (Å²) in [7, 11) is 1.47. The summed E-state index contributed by atoms with van der Waals surface area (Å²) >= 11 is 1.71. The quantitative estimate of drug-likeness (QED) is 0.513. The minimum atomic E-state index is -2.90. The maximum atomic E-state index is 12.6. The summed E-state index contributed by atoms with van der Waals surface area (Å²) in [6, 6.07) is 8.92. The molecule has 142 valence electrons. The van der Waals surface area contributed by atoms with Gasteiger partial charge in [0.2, 0.25) is 0 Å². The lowest BCUT2D eigenvalue weighted by Crippen LogP contribution is -2.38. The first kappa shape index (κ1) is 20.0. The summed E-state index contributed by atoms with van der Waals surface area (Å²) in [5.74, 6) is 1.15. The number of alkyl halides is 2. The lowest BCUT2D eigenvalue weighted by Gasteiger charge is -2.13. The lowest BCUT2D eigenvalue weighted by atomic mass is 10.2. The number of rotatable bonds is 9. The van der Waals surface area contributed by atoms with Gasteiger partial charge in [0.1, 0.15) is 11.5 Å². The van der Waals surface area contributed by atoms with Crippen molar-refractivity contribution in [2.24, 2.45) is 4.99 Å². The minimum absolute atomic E-state index is 0.0672. The normalized spacial score (nSPS) is 11.5. The molecule has 0 aliphatic rings. The van der Waals surface area contributed by atoms with Crippen LogP contribution in [0.5, 0.6) is 11.5 Å². The summed E-state index contributed by atoms with van der Waals surface area (Å²) in [5.41, 5.74) is 0.557. The van der Waals surface area contributed by atoms with Crippen molar-refractivity contribution in [2.75, 3.05) is 20.2 Å². The number of ether oxygens (including phenoxy) is 2. The molecule has 1 heterocycles. The van der Waals surface area contributed by atoms with Crippen LogP contribution in [-0.4, -0.2) is 32.8 Å². The van der Waals surface area contributed by atoms with E-state index in [4.69, 9.17) is 4.74 Å². The number of thiophene rings is 1. The van der Waals surface area contributed by atoms with Crippen molar-refractivity contribution in [2.45, 2.75) is 26.5 Å². The molecule has 0 atom stereocenters. The van der Waals surface area contributed by atoms with Gasteiger partial charge in [0, 0.05) is 29.6 Å². The molecule has 2 N–H and O–H groups in total. The molecule has 0 saturated carbocycles. The Hall–Kier alpha value is -2.35. The Morgan fingerprint density at radius 1 is 1.27 bits per heavy atom. The smallest absolute Gasteiger partial charge is 0.387 e. The van der Waals surface area contributed by atoms with Gasteiger partial charge in [-0.3, -0.25) is 0 Å². The van der Waals surface area contributed by atoms with Crippen LogP contribution in [0.1, 0.15) is 17.4 Å². The Balaban J connectivity index is 2.02. The summed E-state index contributed by atoms with van der Waals surface area (Å²) in [6.07, 6.45) is 0.893. The summed E-state index contributed by atoms with van der Waals surface area (Å²) in [6.45, 7) is 0.709. The van der Waals surface area contributed by atoms with Gasteiger partial charge in [0.05, 0.1) is 13.7 Å². The number of benzene rings is 1. The largest absolute Gasteiger partial charge is 0.497 e. The van der Waals surface area contributed by atoms with Gasteiger partial charge in [-0.1, -0.05) is 6.07 Å². The van der Waals surface area contributed by atoms with Gasteiger partial charge in [-0.15, -0.1) is 11.3 Å². The van der Waals surface area contributed by atoms with E-state index in [-0.39, 0.29) is 12.3 Å². The molecule has 2 rings (SSSR count). The number of hydrogen-bond acceptors (Lipinski definition) is 4. The van der Waals surface area contributed by atoms with Crippen LogP contribution in [0.4, 0.5) is 8.78 Å². The van der Waals surface area contributed by atoms with E-state index in [1.54, 1.807) is 23.5 Å². The van der Waals surface area contributed by atoms with E-state index >= 15 is 0 Å². The van der Waals surface area contributed by atoms with E-state index in [1.165, 1.54) is 18.1 Å². The molecule has 1 aromatic carbocycles. The van der Waals surface area contributed by atoms with Crippen LogP contribution in [0.2, 0.25) is 0 Å². The van der Waals surface area contributed by atoms with Gasteiger partial charge in [-0.25, -0.2) is 4.99 Å². The Morgan fingerprint density at radius 3 is 2.77 bits per heavy atom. The molecular formula is C18H23F2N3O2S. The molecule has 8 heteroatoms. The summed E-state index contributed by atoms with van der Waals surface area (Å²) in [5, 5.41) is 8.43. The molecule has 0 unspecified atom stereocenters. The SMILES string of the molecule is CCNC(=NCc1ccc(OC)cc1OC(F)F)NCCc1cccs1. The standard InChI is InChI=1S/C18H23F2N3O2S/c1-3-21-18(22-9-8-15-5-4-10-26-15)23-12-13-6-7-14(24-2)11-16(13)25-17(19)20/h4-7,10-11,17H,3,8-9,12H2,1-2H3,(H2,21,22,23). The molecule has 0 spiro atoms. The monoisotopic (exact) mass is 383 g/mol. The maximum absolute atomic E-state index is 12.6. The van der Waals surface area contributed by atoms with E-state index in [0.29, 0.717) is 23.8 Å². The summed E-state index contributed by atoms with van der Waals surface area (Å²) in [4.78, 5) is 5.75. The van der Waals surface area contributed by atoms with Gasteiger partial charge < -0.3 is 20.1 Å². The average molecular weight is 383 g/mol. The maximum Gasteiger partial charge on any atom is 0.387 e. The van der Waals surface area contributed by atoms with Gasteiger partial charge in [0.15, 0.2) is 5.96 Å². The van der Waals surface area contributed by atoms with Crippen LogP contribution in [-0.2, 0) is 13.0 Å². The zero-order chi connectivity index (χ0) is 18.8. The van der Waals surface area contributed by atoms with Crippen molar-refractivity contribution < 1.29 is 18.3 Å². The molecule has 0 amide bonds. The zero-order valence-corrected chi connectivity index (χ0v) is 15.6. The van der Waals surface area contributed by atoms with E-state index in [2.05, 4.69) is 26.4 Å².